The van der Waals surface area contributed by atoms with E-state index in [4.69, 9.17) is 0 Å². The van der Waals surface area contributed by atoms with E-state index >= 15 is 0 Å². The molecule has 120 valence electrons. The molecule has 7 nitrogen and oxygen atoms in total. The Bertz CT molecular complexity index is 890. The Morgan fingerprint density at radius 2 is 1.87 bits per heavy atom. The number of hydrogen-bond donors (Lipinski definition) is 1. The lowest BCUT2D eigenvalue weighted by Crippen LogP contribution is -2.02. The SMILES string of the molecule is CC(=O)c1cccc(Nc2ccc(S(C)(=O)=O)cc2[N+](=O)[O-])c1. The molecule has 2 rings (SSSR count). The zero-order valence-electron chi connectivity index (χ0n) is 12.4. The fourth-order valence-electron chi connectivity index (χ4n) is 1.97. The number of nitrogens with one attached hydrogen (secondary N) is 1. The topological polar surface area (TPSA) is 106 Å². The number of nitro benzene ring substituents is 1. The minimum absolute atomic E-state index is 0.129. The average Bonchev–Trinajstić information content (AvgIpc) is 2.46. The molecule has 0 unspecified atom stereocenters. The quantitative estimate of drug-likeness (QED) is 0.512. The molecular weight excluding hydrogens is 320 g/mol. The van der Waals surface area contributed by atoms with Crippen LogP contribution in [-0.2, 0) is 9.84 Å². The molecule has 2 aromatic rings. The van der Waals surface area contributed by atoms with E-state index in [1.165, 1.54) is 19.1 Å². The molecule has 0 atom stereocenters. The molecule has 0 spiro atoms. The van der Waals surface area contributed by atoms with E-state index in [1.807, 2.05) is 0 Å². The molecule has 0 amide bonds. The minimum Gasteiger partial charge on any atom is -0.350 e. The van der Waals surface area contributed by atoms with Crippen LogP contribution in [-0.4, -0.2) is 25.4 Å². The molecule has 0 aliphatic rings. The van der Waals surface area contributed by atoms with Crippen molar-refractivity contribution in [3.8, 4) is 0 Å². The summed E-state index contributed by atoms with van der Waals surface area (Å²) in [5.74, 6) is -0.129. The summed E-state index contributed by atoms with van der Waals surface area (Å²) in [6, 6.07) is 10.1. The summed E-state index contributed by atoms with van der Waals surface area (Å²) in [6.45, 7) is 1.42. The van der Waals surface area contributed by atoms with E-state index in [9.17, 15) is 23.3 Å². The second-order valence-electron chi connectivity index (χ2n) is 4.97. The molecule has 8 heteroatoms. The maximum Gasteiger partial charge on any atom is 0.293 e. The number of carbonyl (C=O) groups excluding carboxylic acids is 1. The van der Waals surface area contributed by atoms with Crippen LogP contribution < -0.4 is 5.32 Å². The third-order valence-corrected chi connectivity index (χ3v) is 4.25. The predicted molar refractivity (Wildman–Crippen MR) is 85.9 cm³/mol. The summed E-state index contributed by atoms with van der Waals surface area (Å²) in [4.78, 5) is 21.8. The summed E-state index contributed by atoms with van der Waals surface area (Å²) in [6.07, 6.45) is 0.982. The van der Waals surface area contributed by atoms with Gasteiger partial charge in [-0.2, -0.15) is 0 Å². The van der Waals surface area contributed by atoms with Crippen molar-refractivity contribution in [3.05, 3.63) is 58.1 Å². The van der Waals surface area contributed by atoms with Crippen LogP contribution in [0.2, 0.25) is 0 Å². The van der Waals surface area contributed by atoms with Gasteiger partial charge in [0.15, 0.2) is 15.6 Å². The van der Waals surface area contributed by atoms with Crippen molar-refractivity contribution in [2.24, 2.45) is 0 Å². The number of carbonyl (C=O) groups is 1. The highest BCUT2D eigenvalue weighted by Gasteiger charge is 2.19. The van der Waals surface area contributed by atoms with Crippen LogP contribution in [0.5, 0.6) is 0 Å². The number of Topliss-reactive ketones (excluding diaryl/α,β-unsaturated/α-hetero) is 1. The van der Waals surface area contributed by atoms with Gasteiger partial charge < -0.3 is 5.32 Å². The van der Waals surface area contributed by atoms with Crippen LogP contribution in [0.4, 0.5) is 17.1 Å². The number of nitro groups is 1. The Morgan fingerprint density at radius 3 is 2.43 bits per heavy atom. The molecule has 2 aromatic carbocycles. The first-order valence-corrected chi connectivity index (χ1v) is 8.44. The van der Waals surface area contributed by atoms with Crippen molar-refractivity contribution in [3.63, 3.8) is 0 Å². The van der Waals surface area contributed by atoms with E-state index in [1.54, 1.807) is 24.3 Å². The third-order valence-electron chi connectivity index (χ3n) is 3.14. The smallest absolute Gasteiger partial charge is 0.293 e. The fraction of sp³-hybridized carbons (Fsp3) is 0.133. The molecule has 23 heavy (non-hydrogen) atoms. The van der Waals surface area contributed by atoms with E-state index in [0.29, 0.717) is 11.3 Å². The van der Waals surface area contributed by atoms with Gasteiger partial charge in [0, 0.05) is 23.6 Å². The van der Waals surface area contributed by atoms with E-state index in [0.717, 1.165) is 12.3 Å². The zero-order valence-corrected chi connectivity index (χ0v) is 13.3. The molecule has 0 heterocycles. The van der Waals surface area contributed by atoms with Crippen molar-refractivity contribution in [1.29, 1.82) is 0 Å². The number of rotatable bonds is 5. The molecular formula is C15H14N2O5S. The summed E-state index contributed by atoms with van der Waals surface area (Å²) >= 11 is 0. The van der Waals surface area contributed by atoms with E-state index in [2.05, 4.69) is 5.32 Å². The standard InChI is InChI=1S/C15H14N2O5S/c1-10(18)11-4-3-5-12(8-11)16-14-7-6-13(23(2,21)22)9-15(14)17(19)20/h3-9,16H,1-2H3. The van der Waals surface area contributed by atoms with Gasteiger partial charge in [0.1, 0.15) is 5.69 Å². The Kier molecular flexibility index (Phi) is 4.46. The van der Waals surface area contributed by atoms with Crippen molar-refractivity contribution >= 4 is 32.7 Å². The van der Waals surface area contributed by atoms with E-state index in [-0.39, 0.29) is 22.1 Å². The summed E-state index contributed by atoms with van der Waals surface area (Å²) in [5.41, 5.74) is 0.738. The van der Waals surface area contributed by atoms with Crippen molar-refractivity contribution in [2.45, 2.75) is 11.8 Å². The number of sulfone groups is 1. The fourth-order valence-corrected chi connectivity index (χ4v) is 2.61. The highest BCUT2D eigenvalue weighted by molar-refractivity contribution is 7.90. The van der Waals surface area contributed by atoms with Gasteiger partial charge in [-0.25, -0.2) is 8.42 Å². The zero-order chi connectivity index (χ0) is 17.2. The lowest BCUT2D eigenvalue weighted by molar-refractivity contribution is -0.384. The molecule has 0 fully saturated rings. The lowest BCUT2D eigenvalue weighted by atomic mass is 10.1. The average molecular weight is 334 g/mol. The van der Waals surface area contributed by atoms with Gasteiger partial charge in [-0.1, -0.05) is 12.1 Å². The van der Waals surface area contributed by atoms with Crippen LogP contribution in [0.15, 0.2) is 47.4 Å². The Morgan fingerprint density at radius 1 is 1.17 bits per heavy atom. The Labute approximate surface area is 133 Å². The number of benzene rings is 2. The van der Waals surface area contributed by atoms with Crippen molar-refractivity contribution < 1.29 is 18.1 Å². The second kappa shape index (κ2) is 6.17. The molecule has 0 saturated heterocycles. The van der Waals surface area contributed by atoms with Gasteiger partial charge in [0.25, 0.3) is 5.69 Å². The molecule has 1 N–H and O–H groups in total. The number of anilines is 2. The summed E-state index contributed by atoms with van der Waals surface area (Å²) < 4.78 is 23.0. The highest BCUT2D eigenvalue weighted by atomic mass is 32.2. The van der Waals surface area contributed by atoms with Crippen LogP contribution in [0.1, 0.15) is 17.3 Å². The molecule has 0 aliphatic carbocycles. The van der Waals surface area contributed by atoms with Gasteiger partial charge in [-0.3, -0.25) is 14.9 Å². The first-order chi connectivity index (χ1) is 10.7. The largest absolute Gasteiger partial charge is 0.350 e. The van der Waals surface area contributed by atoms with Gasteiger partial charge in [-0.15, -0.1) is 0 Å². The highest BCUT2D eigenvalue weighted by Crippen LogP contribution is 2.30. The predicted octanol–water partition coefficient (Wildman–Crippen LogP) is 2.94. The monoisotopic (exact) mass is 334 g/mol. The van der Waals surface area contributed by atoms with Gasteiger partial charge in [0.05, 0.1) is 9.82 Å². The maximum atomic E-state index is 11.5. The minimum atomic E-state index is -3.54. The van der Waals surface area contributed by atoms with Gasteiger partial charge in [-0.05, 0) is 31.2 Å². The Hall–Kier alpha value is -2.74. The molecule has 0 saturated carbocycles. The summed E-state index contributed by atoms with van der Waals surface area (Å²) in [7, 11) is -3.54. The Balaban J connectivity index is 2.46. The van der Waals surface area contributed by atoms with Crippen LogP contribution in [0.25, 0.3) is 0 Å². The first kappa shape index (κ1) is 16.6. The molecule has 0 radical (unpaired) electrons. The first-order valence-electron chi connectivity index (χ1n) is 6.55. The van der Waals surface area contributed by atoms with Gasteiger partial charge in [0.2, 0.25) is 0 Å². The maximum absolute atomic E-state index is 11.5. The van der Waals surface area contributed by atoms with E-state index < -0.39 is 14.8 Å². The number of nitrogens with zero attached hydrogens (tertiary/aromatic N) is 1. The lowest BCUT2D eigenvalue weighted by Gasteiger charge is -2.09. The summed E-state index contributed by atoms with van der Waals surface area (Å²) in [5, 5.41) is 14.0. The van der Waals surface area contributed by atoms with Crippen molar-refractivity contribution in [1.82, 2.24) is 0 Å². The van der Waals surface area contributed by atoms with Crippen molar-refractivity contribution in [2.75, 3.05) is 11.6 Å². The molecule has 0 aromatic heterocycles. The number of hydrogen-bond acceptors (Lipinski definition) is 6. The van der Waals surface area contributed by atoms with Crippen LogP contribution in [0, 0.1) is 10.1 Å². The van der Waals surface area contributed by atoms with Crippen LogP contribution >= 0.6 is 0 Å². The number of ketones is 1. The third kappa shape index (κ3) is 3.92. The van der Waals surface area contributed by atoms with Gasteiger partial charge >= 0.3 is 0 Å². The normalized spacial score (nSPS) is 11.0. The van der Waals surface area contributed by atoms with Crippen LogP contribution in [0.3, 0.4) is 0 Å². The second-order valence-corrected chi connectivity index (χ2v) is 6.99. The molecule has 0 aliphatic heterocycles. The molecule has 0 bridgehead atoms.